The number of carboxylic acid groups (broad SMARTS) is 1. The van der Waals surface area contributed by atoms with E-state index in [4.69, 9.17) is 18.9 Å². The van der Waals surface area contributed by atoms with Crippen molar-refractivity contribution in [3.8, 4) is 0 Å². The number of likely N-dealkylation sites (N-methyl/N-ethyl adjacent to an activating group) is 1. The summed E-state index contributed by atoms with van der Waals surface area (Å²) in [7, 11) is 6.00. The lowest BCUT2D eigenvalue weighted by Gasteiger charge is -2.25. The van der Waals surface area contributed by atoms with Crippen molar-refractivity contribution in [1.29, 1.82) is 0 Å². The lowest BCUT2D eigenvalue weighted by atomic mass is 10.0. The van der Waals surface area contributed by atoms with E-state index >= 15 is 0 Å². The number of nitrogens with zero attached hydrogens (tertiary/aromatic N) is 1. The number of hydrogen-bond acceptors (Lipinski definition) is 7. The fourth-order valence-electron chi connectivity index (χ4n) is 12.8. The van der Waals surface area contributed by atoms with Crippen molar-refractivity contribution in [1.82, 2.24) is 0 Å². The van der Waals surface area contributed by atoms with Gasteiger partial charge in [0.25, 0.3) is 6.29 Å². The van der Waals surface area contributed by atoms with Crippen molar-refractivity contribution >= 4 is 17.9 Å². The average Bonchev–Trinajstić information content (AvgIpc) is 3.46. The SMILES string of the molecule is CCCCCCCCCC/C=C\CCCCCCCCCCCCCCCCCC(=O)OC(COC(=O)CCCCCCCCCCCCCCCCCCCCCCCCCCCCCCCCCCCCCCCCC)COC(OCC[N+](C)(C)C)C(=O)O. The van der Waals surface area contributed by atoms with Crippen molar-refractivity contribution in [2.45, 2.75) is 450 Å². The van der Waals surface area contributed by atoms with Gasteiger partial charge in [-0.25, -0.2) is 4.79 Å². The Morgan fingerprint density at radius 2 is 0.560 bits per heavy atom. The highest BCUT2D eigenvalue weighted by Gasteiger charge is 2.25. The lowest BCUT2D eigenvalue weighted by Crippen LogP contribution is -2.40. The normalized spacial score (nSPS) is 12.6. The van der Waals surface area contributed by atoms with E-state index in [0.29, 0.717) is 17.4 Å². The Hall–Kier alpha value is -1.97. The number of unbranched alkanes of at least 4 members (excludes halogenated alkanes) is 61. The van der Waals surface area contributed by atoms with Crippen LogP contribution < -0.4 is 0 Å². The molecule has 0 aliphatic rings. The molecule has 9 nitrogen and oxygen atoms in total. The Bertz CT molecular complexity index is 1500. The summed E-state index contributed by atoms with van der Waals surface area (Å²) in [4.78, 5) is 37.7. The highest BCUT2D eigenvalue weighted by molar-refractivity contribution is 5.71. The number of quaternary nitrogens is 1. The number of carbonyl (C=O) groups excluding carboxylic acids is 2. The predicted octanol–water partition coefficient (Wildman–Crippen LogP) is 25.9. The van der Waals surface area contributed by atoms with E-state index in [1.165, 1.54) is 372 Å². The van der Waals surface area contributed by atoms with Crippen molar-refractivity contribution in [3.05, 3.63) is 12.2 Å². The van der Waals surface area contributed by atoms with Gasteiger partial charge >= 0.3 is 17.9 Å². The maximum Gasteiger partial charge on any atom is 0.361 e. The monoisotopic (exact) mass is 1290 g/mol. The van der Waals surface area contributed by atoms with Gasteiger partial charge in [0.15, 0.2) is 6.10 Å². The Labute approximate surface area is 567 Å². The molecule has 540 valence electrons. The fraction of sp³-hybridized carbons (Fsp3) is 0.939. The molecule has 2 unspecified atom stereocenters. The number of allylic oxidation sites excluding steroid dienone is 2. The van der Waals surface area contributed by atoms with Gasteiger partial charge in [-0.15, -0.1) is 0 Å². The van der Waals surface area contributed by atoms with Crippen LogP contribution in [0.2, 0.25) is 0 Å². The molecule has 0 aromatic carbocycles. The summed E-state index contributed by atoms with van der Waals surface area (Å²) in [5.41, 5.74) is 0. The van der Waals surface area contributed by atoms with Crippen LogP contribution in [0.4, 0.5) is 0 Å². The van der Waals surface area contributed by atoms with Crippen LogP contribution in [-0.4, -0.2) is 87.4 Å². The molecular weight excluding hydrogens is 1130 g/mol. The lowest BCUT2D eigenvalue weighted by molar-refractivity contribution is -0.870. The molecular formula is C82H160NO8+. The molecule has 0 rings (SSSR count). The van der Waals surface area contributed by atoms with Gasteiger partial charge in [-0.3, -0.25) is 9.59 Å². The third-order valence-electron chi connectivity index (χ3n) is 19.0. The van der Waals surface area contributed by atoms with Gasteiger partial charge in [0.05, 0.1) is 34.4 Å². The predicted molar refractivity (Wildman–Crippen MR) is 392 cm³/mol. The second kappa shape index (κ2) is 73.8. The molecule has 0 aromatic rings. The summed E-state index contributed by atoms with van der Waals surface area (Å²) in [6.45, 7) is 4.97. The minimum absolute atomic E-state index is 0.174. The Balaban J connectivity index is 3.91. The molecule has 0 fully saturated rings. The van der Waals surface area contributed by atoms with E-state index in [0.717, 1.165) is 38.5 Å². The second-order valence-corrected chi connectivity index (χ2v) is 29.4. The van der Waals surface area contributed by atoms with E-state index in [2.05, 4.69) is 26.0 Å². The third kappa shape index (κ3) is 75.3. The molecule has 0 saturated carbocycles. The molecule has 0 aromatic heterocycles. The van der Waals surface area contributed by atoms with Crippen LogP contribution in [0.1, 0.15) is 438 Å². The highest BCUT2D eigenvalue weighted by atomic mass is 16.7. The van der Waals surface area contributed by atoms with E-state index in [-0.39, 0.29) is 38.2 Å². The van der Waals surface area contributed by atoms with Gasteiger partial charge in [0.1, 0.15) is 13.2 Å². The summed E-state index contributed by atoms with van der Waals surface area (Å²) in [5, 5.41) is 9.77. The van der Waals surface area contributed by atoms with Crippen LogP contribution in [0.25, 0.3) is 0 Å². The number of esters is 2. The molecule has 2 atom stereocenters. The van der Waals surface area contributed by atoms with Crippen molar-refractivity contribution < 1.29 is 42.9 Å². The molecule has 0 radical (unpaired) electrons. The number of rotatable bonds is 78. The van der Waals surface area contributed by atoms with E-state index in [9.17, 15) is 19.5 Å². The maximum absolute atomic E-state index is 13.0. The topological polar surface area (TPSA) is 108 Å². The smallest absolute Gasteiger partial charge is 0.361 e. The molecule has 0 aliphatic heterocycles. The molecule has 9 heteroatoms. The molecule has 91 heavy (non-hydrogen) atoms. The van der Waals surface area contributed by atoms with Crippen LogP contribution in [0.3, 0.4) is 0 Å². The summed E-state index contributed by atoms with van der Waals surface area (Å²) in [5.74, 6) is -1.97. The fourth-order valence-corrected chi connectivity index (χ4v) is 12.8. The van der Waals surface area contributed by atoms with Gasteiger partial charge in [0.2, 0.25) is 0 Å². The van der Waals surface area contributed by atoms with Crippen LogP contribution in [0.5, 0.6) is 0 Å². The molecule has 0 amide bonds. The molecule has 1 N–H and O–H groups in total. The van der Waals surface area contributed by atoms with Gasteiger partial charge in [-0.05, 0) is 38.5 Å². The summed E-state index contributed by atoms with van der Waals surface area (Å²) in [6.07, 6.45) is 89.6. The Morgan fingerprint density at radius 3 is 0.813 bits per heavy atom. The first kappa shape index (κ1) is 89.0. The summed E-state index contributed by atoms with van der Waals surface area (Å²) >= 11 is 0. The second-order valence-electron chi connectivity index (χ2n) is 29.4. The summed E-state index contributed by atoms with van der Waals surface area (Å²) < 4.78 is 23.1. The third-order valence-corrected chi connectivity index (χ3v) is 19.0. The largest absolute Gasteiger partial charge is 0.477 e. The minimum Gasteiger partial charge on any atom is -0.477 e. The van der Waals surface area contributed by atoms with Crippen molar-refractivity contribution in [3.63, 3.8) is 0 Å². The molecule has 0 bridgehead atoms. The quantitative estimate of drug-likeness (QED) is 0.0211. The van der Waals surface area contributed by atoms with E-state index < -0.39 is 18.4 Å². The first-order chi connectivity index (χ1) is 44.6. The van der Waals surface area contributed by atoms with E-state index in [1.54, 1.807) is 0 Å². The number of hydrogen-bond donors (Lipinski definition) is 1. The van der Waals surface area contributed by atoms with Crippen LogP contribution in [-0.2, 0) is 33.3 Å². The molecule has 0 saturated heterocycles. The summed E-state index contributed by atoms with van der Waals surface area (Å²) in [6, 6.07) is 0. The Morgan fingerprint density at radius 1 is 0.319 bits per heavy atom. The zero-order chi connectivity index (χ0) is 66.1. The van der Waals surface area contributed by atoms with Crippen molar-refractivity contribution in [2.75, 3.05) is 47.5 Å². The van der Waals surface area contributed by atoms with Crippen LogP contribution in [0, 0.1) is 0 Å². The molecule has 0 heterocycles. The minimum atomic E-state index is -1.51. The van der Waals surface area contributed by atoms with Gasteiger partial charge in [-0.1, -0.05) is 398 Å². The van der Waals surface area contributed by atoms with Crippen LogP contribution >= 0.6 is 0 Å². The first-order valence-electron chi connectivity index (χ1n) is 40.9. The number of carbonyl (C=O) groups is 3. The average molecular weight is 1290 g/mol. The number of ether oxygens (including phenoxy) is 4. The molecule has 0 aliphatic carbocycles. The van der Waals surface area contributed by atoms with Crippen LogP contribution in [0.15, 0.2) is 12.2 Å². The van der Waals surface area contributed by atoms with Gasteiger partial charge in [0, 0.05) is 12.8 Å². The number of aliphatic carboxylic acids is 1. The maximum atomic E-state index is 13.0. The Kier molecular flexibility index (Phi) is 72.2. The van der Waals surface area contributed by atoms with Gasteiger partial charge in [-0.2, -0.15) is 0 Å². The standard InChI is InChI=1S/C82H159NO8/c1-6-8-10-12-14-16-18-20-22-24-26-28-30-32-34-35-36-37-38-39-40-41-42-43-44-45-47-48-50-52-54-56-58-60-62-64-66-68-70-72-79(84)89-76-78(77-90-82(81(86)87)88-75-74-83(3,4)5)91-80(85)73-71-69-67-65-63-61-59-57-55-53-51-49-46-33-31-29-27-25-23-21-19-17-15-13-11-9-7-2/h25,27,78,82H,6-24,26,28-77H2,1-5H3/p+1/b27-25-. The van der Waals surface area contributed by atoms with E-state index in [1.807, 2.05) is 21.1 Å². The zero-order valence-corrected chi connectivity index (χ0v) is 62.1. The zero-order valence-electron chi connectivity index (χ0n) is 62.1. The van der Waals surface area contributed by atoms with Gasteiger partial charge < -0.3 is 28.5 Å². The first-order valence-corrected chi connectivity index (χ1v) is 40.9. The highest BCUT2D eigenvalue weighted by Crippen LogP contribution is 2.21. The van der Waals surface area contributed by atoms with Crippen molar-refractivity contribution in [2.24, 2.45) is 0 Å². The number of carboxylic acids is 1. The molecule has 0 spiro atoms.